The summed E-state index contributed by atoms with van der Waals surface area (Å²) in [4.78, 5) is 23.8. The molecule has 196 valence electrons. The molecule has 2 saturated heterocycles. The maximum Gasteiger partial charge on any atom is 0.257 e. The molecule has 2 aliphatic rings. The standard InChI is InChI=1S/C29H30N4O5/c1-35-23-17-33(18-23)29(34)24-5-3-19(13-27(24)36-2)14-28-31-10-7-25(32-28)20-4-6-26(21(15-20)16-30)38-22-8-11-37-12-9-22/h3-7,10,13,15,22-23H,8-9,11-12,14,17-18H2,1-2H3. The Kier molecular flexibility index (Phi) is 7.82. The topological polar surface area (TPSA) is 107 Å². The second-order valence-electron chi connectivity index (χ2n) is 9.39. The highest BCUT2D eigenvalue weighted by Gasteiger charge is 2.32. The Morgan fingerprint density at radius 3 is 2.63 bits per heavy atom. The fourth-order valence-electron chi connectivity index (χ4n) is 4.63. The van der Waals surface area contributed by atoms with Crippen molar-refractivity contribution >= 4 is 5.91 Å². The highest BCUT2D eigenvalue weighted by Crippen LogP contribution is 2.29. The minimum Gasteiger partial charge on any atom is -0.496 e. The smallest absolute Gasteiger partial charge is 0.257 e. The third kappa shape index (κ3) is 5.62. The molecule has 38 heavy (non-hydrogen) atoms. The summed E-state index contributed by atoms with van der Waals surface area (Å²) in [5.74, 6) is 1.64. The van der Waals surface area contributed by atoms with Crippen LogP contribution in [0.1, 0.15) is 40.2 Å². The molecule has 1 aromatic heterocycles. The van der Waals surface area contributed by atoms with E-state index in [-0.39, 0.29) is 18.1 Å². The lowest BCUT2D eigenvalue weighted by molar-refractivity contribution is -0.0193. The molecule has 2 aromatic carbocycles. The highest BCUT2D eigenvalue weighted by molar-refractivity contribution is 5.97. The van der Waals surface area contributed by atoms with Gasteiger partial charge in [0.25, 0.3) is 5.91 Å². The number of carbonyl (C=O) groups is 1. The summed E-state index contributed by atoms with van der Waals surface area (Å²) in [5, 5.41) is 9.73. The molecule has 0 unspecified atom stereocenters. The lowest BCUT2D eigenvalue weighted by Gasteiger charge is -2.38. The van der Waals surface area contributed by atoms with Crippen molar-refractivity contribution in [1.82, 2.24) is 14.9 Å². The molecule has 9 nitrogen and oxygen atoms in total. The van der Waals surface area contributed by atoms with Gasteiger partial charge in [0.2, 0.25) is 0 Å². The zero-order valence-electron chi connectivity index (χ0n) is 21.6. The van der Waals surface area contributed by atoms with E-state index in [1.54, 1.807) is 37.4 Å². The van der Waals surface area contributed by atoms with Gasteiger partial charge in [0, 0.05) is 51.2 Å². The van der Waals surface area contributed by atoms with E-state index in [2.05, 4.69) is 11.1 Å². The zero-order valence-corrected chi connectivity index (χ0v) is 21.6. The number of nitriles is 1. The first-order valence-electron chi connectivity index (χ1n) is 12.7. The number of ether oxygens (including phenoxy) is 4. The first-order chi connectivity index (χ1) is 18.6. The van der Waals surface area contributed by atoms with Gasteiger partial charge in [0.05, 0.1) is 43.2 Å². The molecule has 0 bridgehead atoms. The van der Waals surface area contributed by atoms with Crippen LogP contribution in [-0.2, 0) is 15.9 Å². The van der Waals surface area contributed by atoms with Gasteiger partial charge in [-0.3, -0.25) is 4.79 Å². The van der Waals surface area contributed by atoms with Gasteiger partial charge in [0.1, 0.15) is 29.5 Å². The van der Waals surface area contributed by atoms with Crippen molar-refractivity contribution in [1.29, 1.82) is 5.26 Å². The van der Waals surface area contributed by atoms with Crippen LogP contribution in [0.5, 0.6) is 11.5 Å². The van der Waals surface area contributed by atoms with Crippen molar-refractivity contribution in [3.05, 3.63) is 71.2 Å². The second-order valence-corrected chi connectivity index (χ2v) is 9.39. The summed E-state index contributed by atoms with van der Waals surface area (Å²) in [5.41, 5.74) is 3.44. The normalized spacial score (nSPS) is 16.0. The van der Waals surface area contributed by atoms with Crippen molar-refractivity contribution in [2.45, 2.75) is 31.5 Å². The van der Waals surface area contributed by atoms with E-state index in [9.17, 15) is 10.1 Å². The summed E-state index contributed by atoms with van der Waals surface area (Å²) in [7, 11) is 3.21. The van der Waals surface area contributed by atoms with Crippen molar-refractivity contribution in [2.24, 2.45) is 0 Å². The Hall–Kier alpha value is -4.00. The molecule has 0 radical (unpaired) electrons. The molecule has 2 fully saturated rings. The van der Waals surface area contributed by atoms with E-state index in [0.29, 0.717) is 66.9 Å². The molecule has 3 aromatic rings. The number of rotatable bonds is 8. The van der Waals surface area contributed by atoms with Crippen molar-refractivity contribution < 1.29 is 23.7 Å². The predicted molar refractivity (Wildman–Crippen MR) is 139 cm³/mol. The quantitative estimate of drug-likeness (QED) is 0.449. The van der Waals surface area contributed by atoms with Crippen LogP contribution in [0.2, 0.25) is 0 Å². The minimum atomic E-state index is -0.0718. The molecule has 2 aliphatic heterocycles. The van der Waals surface area contributed by atoms with E-state index < -0.39 is 0 Å². The Morgan fingerprint density at radius 1 is 1.08 bits per heavy atom. The van der Waals surface area contributed by atoms with E-state index >= 15 is 0 Å². The number of carbonyl (C=O) groups excluding carboxylic acids is 1. The maximum absolute atomic E-state index is 12.9. The van der Waals surface area contributed by atoms with Gasteiger partial charge >= 0.3 is 0 Å². The monoisotopic (exact) mass is 514 g/mol. The number of benzene rings is 2. The Balaban J connectivity index is 1.31. The SMILES string of the molecule is COc1cc(Cc2nccc(-c3ccc(OC4CCOCC4)c(C#N)c3)n2)ccc1C(=O)N1CC(OC)C1. The lowest BCUT2D eigenvalue weighted by Crippen LogP contribution is -2.54. The first kappa shape index (κ1) is 25.6. The van der Waals surface area contributed by atoms with Crippen molar-refractivity contribution in [2.75, 3.05) is 40.5 Å². The van der Waals surface area contributed by atoms with Gasteiger partial charge < -0.3 is 23.8 Å². The fraction of sp³-hybridized carbons (Fsp3) is 0.379. The number of methoxy groups -OCH3 is 2. The van der Waals surface area contributed by atoms with Gasteiger partial charge in [-0.05, 0) is 42.0 Å². The van der Waals surface area contributed by atoms with Crippen LogP contribution in [0.25, 0.3) is 11.3 Å². The van der Waals surface area contributed by atoms with E-state index in [0.717, 1.165) is 24.0 Å². The Labute approximate surface area is 221 Å². The van der Waals surface area contributed by atoms with Crippen LogP contribution in [0.15, 0.2) is 48.7 Å². The van der Waals surface area contributed by atoms with Gasteiger partial charge in [-0.1, -0.05) is 6.07 Å². The molecule has 0 saturated carbocycles. The van der Waals surface area contributed by atoms with E-state index in [1.165, 1.54) is 0 Å². The number of hydrogen-bond acceptors (Lipinski definition) is 8. The van der Waals surface area contributed by atoms with Crippen LogP contribution >= 0.6 is 0 Å². The summed E-state index contributed by atoms with van der Waals surface area (Å²) in [6.07, 6.45) is 3.95. The number of hydrogen-bond donors (Lipinski definition) is 0. The van der Waals surface area contributed by atoms with Crippen LogP contribution in [-0.4, -0.2) is 73.5 Å². The Morgan fingerprint density at radius 2 is 1.89 bits per heavy atom. The molecule has 0 N–H and O–H groups in total. The van der Waals surface area contributed by atoms with E-state index in [1.807, 2.05) is 30.3 Å². The molecule has 1 amide bonds. The summed E-state index contributed by atoms with van der Waals surface area (Å²) < 4.78 is 22.3. The zero-order chi connectivity index (χ0) is 26.5. The van der Waals surface area contributed by atoms with Crippen LogP contribution in [0.3, 0.4) is 0 Å². The largest absolute Gasteiger partial charge is 0.496 e. The van der Waals surface area contributed by atoms with Gasteiger partial charge in [-0.2, -0.15) is 5.26 Å². The second kappa shape index (κ2) is 11.6. The summed E-state index contributed by atoms with van der Waals surface area (Å²) in [6.45, 7) is 2.51. The third-order valence-corrected chi connectivity index (χ3v) is 6.89. The van der Waals surface area contributed by atoms with Crippen molar-refractivity contribution in [3.63, 3.8) is 0 Å². The summed E-state index contributed by atoms with van der Waals surface area (Å²) >= 11 is 0. The Bertz CT molecular complexity index is 1340. The number of likely N-dealkylation sites (tertiary alicyclic amines) is 1. The molecular formula is C29H30N4O5. The van der Waals surface area contributed by atoms with Gasteiger partial charge in [0.15, 0.2) is 0 Å². The van der Waals surface area contributed by atoms with Crippen molar-refractivity contribution in [3.8, 4) is 28.8 Å². The summed E-state index contributed by atoms with van der Waals surface area (Å²) in [6, 6.07) is 15.2. The minimum absolute atomic E-state index is 0.0548. The first-order valence-corrected chi connectivity index (χ1v) is 12.7. The molecule has 0 spiro atoms. The number of nitrogens with zero attached hydrogens (tertiary/aromatic N) is 4. The van der Waals surface area contributed by atoms with Crippen LogP contribution in [0, 0.1) is 11.3 Å². The average Bonchev–Trinajstić information content (AvgIpc) is 2.93. The highest BCUT2D eigenvalue weighted by atomic mass is 16.5. The van der Waals surface area contributed by atoms with Crippen LogP contribution < -0.4 is 9.47 Å². The number of aromatic nitrogens is 2. The predicted octanol–water partition coefficient (Wildman–Crippen LogP) is 3.64. The molecule has 0 atom stereocenters. The maximum atomic E-state index is 12.9. The van der Waals surface area contributed by atoms with Gasteiger partial charge in [-0.15, -0.1) is 0 Å². The van der Waals surface area contributed by atoms with Gasteiger partial charge in [-0.25, -0.2) is 9.97 Å². The molecule has 0 aliphatic carbocycles. The molecular weight excluding hydrogens is 484 g/mol. The molecule has 3 heterocycles. The average molecular weight is 515 g/mol. The fourth-order valence-corrected chi connectivity index (χ4v) is 4.63. The number of amides is 1. The lowest BCUT2D eigenvalue weighted by atomic mass is 10.0. The van der Waals surface area contributed by atoms with Crippen LogP contribution in [0.4, 0.5) is 0 Å². The van der Waals surface area contributed by atoms with E-state index in [4.69, 9.17) is 23.9 Å². The molecule has 9 heteroatoms. The molecule has 5 rings (SSSR count). The third-order valence-electron chi connectivity index (χ3n) is 6.89.